The summed E-state index contributed by atoms with van der Waals surface area (Å²) in [5.74, 6) is -23.5. The summed E-state index contributed by atoms with van der Waals surface area (Å²) < 4.78 is 72.2. The van der Waals surface area contributed by atoms with Crippen molar-refractivity contribution in [2.45, 2.75) is 518 Å². The molecule has 0 bridgehead atoms. The lowest BCUT2D eigenvalue weighted by molar-refractivity contribution is -0.404. The zero-order chi connectivity index (χ0) is 107. The van der Waals surface area contributed by atoms with E-state index in [0.717, 1.165) is 98.3 Å². The second-order valence-electron chi connectivity index (χ2n) is 39.9. The van der Waals surface area contributed by atoms with Crippen LogP contribution in [0.25, 0.3) is 0 Å². The summed E-state index contributed by atoms with van der Waals surface area (Å²) in [6.07, 6.45) is -24.6. The molecule has 6 aliphatic heterocycles. The number of amides is 4. The van der Waals surface area contributed by atoms with Gasteiger partial charge >= 0.3 is 17.9 Å². The highest BCUT2D eigenvalue weighted by molar-refractivity contribution is 5.79. The van der Waals surface area contributed by atoms with Crippen molar-refractivity contribution in [2.24, 2.45) is 5.92 Å². The molecule has 46 nitrogen and oxygen atoms in total. The number of nitrogens with one attached hydrogen (secondary N) is 4. The monoisotopic (exact) mass is 2080 g/mol. The molecule has 4 amide bonds. The summed E-state index contributed by atoms with van der Waals surface area (Å²) in [4.78, 5) is 107. The van der Waals surface area contributed by atoms with Crippen molar-refractivity contribution in [2.75, 3.05) is 46.2 Å². The van der Waals surface area contributed by atoms with Crippen LogP contribution in [0.15, 0.2) is 0 Å². The highest BCUT2D eigenvalue weighted by Gasteiger charge is 2.65. The van der Waals surface area contributed by atoms with E-state index in [1.54, 1.807) is 0 Å². The Hall–Kier alpha value is -5.28. The number of ketones is 1. The van der Waals surface area contributed by atoms with Crippen LogP contribution in [0, 0.1) is 5.92 Å². The normalized spacial score (nSPS) is 32.7. The van der Waals surface area contributed by atoms with Crippen molar-refractivity contribution >= 4 is 47.3 Å². The van der Waals surface area contributed by atoms with E-state index in [0.29, 0.717) is 12.8 Å². The van der Waals surface area contributed by atoms with E-state index in [1.165, 1.54) is 148 Å². The Bertz CT molecular complexity index is 3670. The molecule has 0 aromatic carbocycles. The number of rotatable bonds is 73. The quantitative estimate of drug-likeness (QED) is 0.0354. The van der Waals surface area contributed by atoms with Crippen LogP contribution < -0.4 is 21.3 Å². The minimum atomic E-state index is -3.70. The molecule has 0 radical (unpaired) electrons. The average Bonchev–Trinajstić information content (AvgIpc) is 0.744. The van der Waals surface area contributed by atoms with Gasteiger partial charge in [-0.15, -0.1) is 0 Å². The molecule has 6 saturated heterocycles. The first-order chi connectivity index (χ1) is 68.6. The molecule has 26 N–H and O–H groups in total. The average molecular weight is 2080 g/mol. The summed E-state index contributed by atoms with van der Waals surface area (Å²) in [5.41, 5.74) is 0. The lowest BCUT2D eigenvalue weighted by Gasteiger charge is -2.53. The molecule has 6 rings (SSSR count). The Balaban J connectivity index is 1.26. The van der Waals surface area contributed by atoms with Crippen LogP contribution in [0.3, 0.4) is 0 Å². The van der Waals surface area contributed by atoms with Crippen LogP contribution in [0.5, 0.6) is 0 Å². The van der Waals surface area contributed by atoms with Gasteiger partial charge in [0.05, 0.1) is 101 Å². The number of hydrogen-bond donors (Lipinski definition) is 26. The van der Waals surface area contributed by atoms with Gasteiger partial charge in [0.25, 0.3) is 17.4 Å². The number of Topliss-reactive ketones (excluding diaryl/α,β-unsaturated/α-hetero) is 1. The fraction of sp³-hybridized carbons (Fsp3) is 0.918. The molecule has 6 heterocycles. The number of carbonyl (C=O) groups is 8. The Morgan fingerprint density at radius 3 is 1.08 bits per heavy atom. The zero-order valence-electron chi connectivity index (χ0n) is 84.6. The second-order valence-corrected chi connectivity index (χ2v) is 39.9. The Labute approximate surface area is 842 Å². The molecule has 838 valence electrons. The number of aliphatic hydroxyl groups is 19. The molecule has 0 spiro atoms. The van der Waals surface area contributed by atoms with Crippen LogP contribution in [-0.4, -0.2) is 413 Å². The van der Waals surface area contributed by atoms with Gasteiger partial charge in [0, 0.05) is 58.8 Å². The minimum Gasteiger partial charge on any atom is -0.477 e. The van der Waals surface area contributed by atoms with E-state index >= 15 is 0 Å². The number of hydrogen-bond acceptors (Lipinski definition) is 39. The van der Waals surface area contributed by atoms with Crippen LogP contribution in [0.2, 0.25) is 0 Å². The standard InChI is InChI=1S/C98H174N4O42/c1-7-9-11-13-15-17-19-21-22-23-24-25-26-27-28-29-30-32-34-36-38-40-42-44-72(118)102-61(62(113)43-41-39-37-35-33-31-20-18-16-14-12-10-8-2)55-133-91-82(125)81(124)84(70(53-107)135-91)137-92-83(126)89(85(71(54-108)136-92)138-90-60(45-56(3)109)76(119)78(121)67(50-104)134-90)144-98(95(131)132)48-65(116)75(101-59(6)112)88(143-98)80(123)69(52-106)140-97(94(129)130)47-64(115)74(100-58(5)111)87(142-97)79(122)68(51-105)139-96(93(127)128)46-63(114)73(99-57(4)110)86(141-96)77(120)66(117)49-103/h60-71,73-92,103-108,113-117,119-126H,7-55H2,1-6H3,(H,99,110)(H,100,111)(H,101,112)(H,102,118)(H,127,128)(H,129,130)(H,131,132). The molecule has 35 atom stereocenters. The number of carboxylic acids is 3. The first-order valence-electron chi connectivity index (χ1n) is 52.4. The smallest absolute Gasteiger partial charge is 0.364 e. The number of unbranched alkanes of at least 4 members (excludes halogenated alkanes) is 34. The number of ether oxygens (including phenoxy) is 12. The maximum absolute atomic E-state index is 14.5. The maximum Gasteiger partial charge on any atom is 0.364 e. The number of carbonyl (C=O) groups excluding carboxylic acids is 5. The van der Waals surface area contributed by atoms with Gasteiger partial charge in [-0.25, -0.2) is 14.4 Å². The van der Waals surface area contributed by atoms with Crippen LogP contribution in [0.4, 0.5) is 0 Å². The predicted molar refractivity (Wildman–Crippen MR) is 507 cm³/mol. The van der Waals surface area contributed by atoms with E-state index in [9.17, 15) is 151 Å². The Kier molecular flexibility index (Phi) is 58.3. The fourth-order valence-electron chi connectivity index (χ4n) is 20.0. The molecule has 0 saturated carbocycles. The third-order valence-corrected chi connectivity index (χ3v) is 28.1. The third kappa shape index (κ3) is 38.8. The summed E-state index contributed by atoms with van der Waals surface area (Å²) in [7, 11) is 0. The summed E-state index contributed by atoms with van der Waals surface area (Å²) in [6.45, 7) is -0.460. The SMILES string of the molecule is CCCCCCCCCCCCCCCCCCCCCCCCCC(=O)NC(COC1OC(CO)C(OC2OC(CO)C(OC3OC(CO)C(O)C(O)C3CC(C)=O)C(OC3(C(=O)O)CC(O)C(NC(C)=O)C(C(O)C(CO)OC4(C(=O)O)CC(O)C(NC(C)=O)C(C(O)C(CO)OC5(C(=O)O)CC(O)C(NC(C)=O)C(C(O)C(O)CO)O5)O4)O3)C2O)C(O)C1O)C(O)CCCCCCCCCCCCCCC. The van der Waals surface area contributed by atoms with Crippen molar-refractivity contribution in [3.05, 3.63) is 0 Å². The number of carboxylic acid groups (broad SMARTS) is 3. The second kappa shape index (κ2) is 65.9. The lowest BCUT2D eigenvalue weighted by atomic mass is 9.86. The molecule has 144 heavy (non-hydrogen) atoms. The van der Waals surface area contributed by atoms with Crippen molar-refractivity contribution in [1.82, 2.24) is 21.3 Å². The number of aliphatic hydroxyl groups excluding tert-OH is 19. The predicted octanol–water partition coefficient (Wildman–Crippen LogP) is -0.0836. The molecule has 0 aromatic heterocycles. The molecule has 0 aliphatic carbocycles. The lowest BCUT2D eigenvalue weighted by Crippen LogP contribution is -2.72. The van der Waals surface area contributed by atoms with Gasteiger partial charge in [0.15, 0.2) is 18.9 Å². The topological polar surface area (TPSA) is 741 Å². The van der Waals surface area contributed by atoms with Crippen molar-refractivity contribution in [3.63, 3.8) is 0 Å². The molecular weight excluding hydrogens is 1910 g/mol. The van der Waals surface area contributed by atoms with Gasteiger partial charge in [-0.2, -0.15) is 0 Å². The summed E-state index contributed by atoms with van der Waals surface area (Å²) >= 11 is 0. The van der Waals surface area contributed by atoms with Gasteiger partial charge in [0.1, 0.15) is 122 Å². The van der Waals surface area contributed by atoms with Gasteiger partial charge in [-0.1, -0.05) is 239 Å². The molecule has 6 fully saturated rings. The largest absolute Gasteiger partial charge is 0.477 e. The van der Waals surface area contributed by atoms with Gasteiger partial charge in [-0.05, 0) is 19.8 Å². The molecule has 6 aliphatic rings. The van der Waals surface area contributed by atoms with Crippen molar-refractivity contribution in [1.29, 1.82) is 0 Å². The first-order valence-corrected chi connectivity index (χ1v) is 52.4. The van der Waals surface area contributed by atoms with E-state index < -0.39 is 332 Å². The molecular formula is C98H174N4O42. The Morgan fingerprint density at radius 2 is 0.715 bits per heavy atom. The summed E-state index contributed by atoms with van der Waals surface area (Å²) in [6, 6.07) is -7.20. The highest BCUT2D eigenvalue weighted by Crippen LogP contribution is 2.45. The third-order valence-electron chi connectivity index (χ3n) is 28.1. The summed E-state index contributed by atoms with van der Waals surface area (Å²) in [5, 5.41) is 262. The first kappa shape index (κ1) is 127. The van der Waals surface area contributed by atoms with Crippen LogP contribution in [-0.2, 0) is 95.2 Å². The van der Waals surface area contributed by atoms with E-state index in [4.69, 9.17) is 56.8 Å². The van der Waals surface area contributed by atoms with E-state index in [2.05, 4.69) is 35.1 Å². The Morgan fingerprint density at radius 1 is 0.368 bits per heavy atom. The van der Waals surface area contributed by atoms with Gasteiger partial charge in [-0.3, -0.25) is 19.2 Å². The fourth-order valence-corrected chi connectivity index (χ4v) is 20.0. The molecule has 35 unspecified atom stereocenters. The van der Waals surface area contributed by atoms with Crippen LogP contribution in [0.1, 0.15) is 311 Å². The number of aliphatic carboxylic acids is 3. The van der Waals surface area contributed by atoms with Crippen LogP contribution >= 0.6 is 0 Å². The van der Waals surface area contributed by atoms with Gasteiger partial charge < -0.3 is 195 Å². The maximum atomic E-state index is 14.5. The van der Waals surface area contributed by atoms with E-state index in [1.807, 2.05) is 0 Å². The van der Waals surface area contributed by atoms with Crippen molar-refractivity contribution in [3.8, 4) is 0 Å². The van der Waals surface area contributed by atoms with Crippen molar-refractivity contribution < 1.29 is 208 Å². The molecule has 46 heteroatoms. The van der Waals surface area contributed by atoms with E-state index in [-0.39, 0.29) is 12.8 Å². The minimum absolute atomic E-state index is 0.108. The molecule has 0 aromatic rings. The zero-order valence-corrected chi connectivity index (χ0v) is 84.6. The highest BCUT2D eigenvalue weighted by atomic mass is 16.8. The van der Waals surface area contributed by atoms with Gasteiger partial charge in [0.2, 0.25) is 23.6 Å².